The van der Waals surface area contributed by atoms with Crippen molar-refractivity contribution in [3.05, 3.63) is 65.5 Å². The molecule has 3 rings (SSSR count). The quantitative estimate of drug-likeness (QED) is 0.646. The monoisotopic (exact) mass is 411 g/mol. The van der Waals surface area contributed by atoms with Crippen LogP contribution in [0.1, 0.15) is 44.2 Å². The van der Waals surface area contributed by atoms with Gasteiger partial charge >= 0.3 is 6.03 Å². The minimum absolute atomic E-state index is 0.371. The second kappa shape index (κ2) is 9.07. The smallest absolute Gasteiger partial charge is 0.325 e. The highest BCUT2D eigenvalue weighted by Crippen LogP contribution is 2.34. The Morgan fingerprint density at radius 3 is 2.33 bits per heavy atom. The zero-order valence-corrected chi connectivity index (χ0v) is 17.2. The molecule has 0 aromatic heterocycles. The lowest BCUT2D eigenvalue weighted by Gasteiger charge is -2.27. The van der Waals surface area contributed by atoms with Crippen molar-refractivity contribution in [1.29, 1.82) is 0 Å². The number of nitrogens with one attached hydrogen (secondary N) is 2. The van der Waals surface area contributed by atoms with Crippen LogP contribution in [0.2, 0.25) is 0 Å². The number of amides is 4. The van der Waals surface area contributed by atoms with Crippen molar-refractivity contribution in [2.75, 3.05) is 11.9 Å². The Morgan fingerprint density at radius 2 is 1.73 bits per heavy atom. The Kier molecular flexibility index (Phi) is 6.50. The Balaban J connectivity index is 1.78. The summed E-state index contributed by atoms with van der Waals surface area (Å²) >= 11 is 0. The number of carbonyl (C=O) groups is 3. The van der Waals surface area contributed by atoms with Gasteiger partial charge < -0.3 is 10.6 Å². The van der Waals surface area contributed by atoms with Crippen LogP contribution >= 0.6 is 0 Å². The van der Waals surface area contributed by atoms with Gasteiger partial charge in [-0.25, -0.2) is 9.18 Å². The molecule has 0 bridgehead atoms. The lowest BCUT2D eigenvalue weighted by molar-refractivity contribution is -0.134. The van der Waals surface area contributed by atoms with Gasteiger partial charge in [-0.15, -0.1) is 0 Å². The average Bonchev–Trinajstić information content (AvgIpc) is 2.98. The molecule has 2 aromatic rings. The van der Waals surface area contributed by atoms with E-state index >= 15 is 0 Å². The van der Waals surface area contributed by atoms with Crippen molar-refractivity contribution in [2.45, 2.75) is 45.1 Å². The Labute approximate surface area is 175 Å². The van der Waals surface area contributed by atoms with E-state index in [9.17, 15) is 18.8 Å². The summed E-state index contributed by atoms with van der Waals surface area (Å²) < 4.78 is 13.4. The molecule has 158 valence electrons. The second-order valence-corrected chi connectivity index (χ2v) is 7.44. The largest absolute Gasteiger partial charge is 0.325 e. The fourth-order valence-electron chi connectivity index (χ4n) is 3.62. The number of benzene rings is 2. The number of imide groups is 1. The number of carbonyl (C=O) groups excluding carboxylic acids is 3. The van der Waals surface area contributed by atoms with E-state index in [4.69, 9.17) is 0 Å². The third-order valence-corrected chi connectivity index (χ3v) is 5.37. The van der Waals surface area contributed by atoms with Crippen molar-refractivity contribution in [1.82, 2.24) is 10.2 Å². The molecule has 0 aliphatic carbocycles. The van der Waals surface area contributed by atoms with Crippen LogP contribution in [0.25, 0.3) is 0 Å². The number of nitrogens with zero attached hydrogens (tertiary/aromatic N) is 1. The molecule has 0 radical (unpaired) electrons. The minimum Gasteiger partial charge on any atom is -0.325 e. The van der Waals surface area contributed by atoms with Crippen LogP contribution < -0.4 is 10.6 Å². The Hall–Kier alpha value is -3.22. The predicted molar refractivity (Wildman–Crippen MR) is 112 cm³/mol. The molecule has 1 heterocycles. The summed E-state index contributed by atoms with van der Waals surface area (Å²) in [5.41, 5.74) is 0.958. The number of hydrogen-bond acceptors (Lipinski definition) is 3. The van der Waals surface area contributed by atoms with E-state index in [-0.39, 0.29) is 0 Å². The van der Waals surface area contributed by atoms with E-state index in [1.807, 2.05) is 26.0 Å². The van der Waals surface area contributed by atoms with Gasteiger partial charge in [0.2, 0.25) is 5.91 Å². The number of anilines is 1. The molecule has 1 saturated heterocycles. The molecule has 0 spiro atoms. The molecule has 0 saturated carbocycles. The van der Waals surface area contributed by atoms with Crippen LogP contribution in [0.5, 0.6) is 0 Å². The summed E-state index contributed by atoms with van der Waals surface area (Å²) in [6.45, 7) is 3.63. The first-order valence-corrected chi connectivity index (χ1v) is 10.2. The molecule has 2 aromatic carbocycles. The fraction of sp³-hybridized carbons (Fsp3) is 0.348. The molecule has 1 atom stereocenters. The SMILES string of the molecule is CCCCC1(c2ccc(F)cc2)NC(=O)N(CC(=O)Nc2ccc(CC)cc2)C1=O. The lowest BCUT2D eigenvalue weighted by atomic mass is 9.85. The number of rotatable bonds is 8. The van der Waals surface area contributed by atoms with E-state index in [0.717, 1.165) is 23.3 Å². The Morgan fingerprint density at radius 1 is 1.07 bits per heavy atom. The van der Waals surface area contributed by atoms with E-state index < -0.39 is 35.7 Å². The van der Waals surface area contributed by atoms with Crippen molar-refractivity contribution >= 4 is 23.5 Å². The average molecular weight is 411 g/mol. The van der Waals surface area contributed by atoms with E-state index in [0.29, 0.717) is 24.1 Å². The third kappa shape index (κ3) is 4.35. The summed E-state index contributed by atoms with van der Waals surface area (Å²) in [7, 11) is 0. The van der Waals surface area contributed by atoms with Gasteiger partial charge in [0, 0.05) is 5.69 Å². The highest BCUT2D eigenvalue weighted by Gasteiger charge is 2.52. The summed E-state index contributed by atoms with van der Waals surface area (Å²) in [6, 6.07) is 12.3. The topological polar surface area (TPSA) is 78.5 Å². The minimum atomic E-state index is -1.29. The molecule has 4 amide bonds. The zero-order valence-electron chi connectivity index (χ0n) is 17.2. The molecular formula is C23H26FN3O3. The third-order valence-electron chi connectivity index (χ3n) is 5.37. The molecule has 1 aliphatic heterocycles. The number of halogens is 1. The molecule has 1 unspecified atom stereocenters. The van der Waals surface area contributed by atoms with E-state index in [1.54, 1.807) is 12.1 Å². The van der Waals surface area contributed by atoms with Gasteiger partial charge in [-0.1, -0.05) is 51.0 Å². The van der Waals surface area contributed by atoms with Gasteiger partial charge in [0.15, 0.2) is 0 Å². The maximum Gasteiger partial charge on any atom is 0.325 e. The molecule has 6 nitrogen and oxygen atoms in total. The van der Waals surface area contributed by atoms with E-state index in [1.165, 1.54) is 24.3 Å². The van der Waals surface area contributed by atoms with Crippen LogP contribution in [0.3, 0.4) is 0 Å². The van der Waals surface area contributed by atoms with Gasteiger partial charge in [-0.3, -0.25) is 14.5 Å². The van der Waals surface area contributed by atoms with Crippen LogP contribution in [0.4, 0.5) is 14.9 Å². The first-order valence-electron chi connectivity index (χ1n) is 10.2. The highest BCUT2D eigenvalue weighted by molar-refractivity contribution is 6.10. The van der Waals surface area contributed by atoms with Crippen LogP contribution in [-0.4, -0.2) is 29.3 Å². The van der Waals surface area contributed by atoms with Crippen LogP contribution in [0.15, 0.2) is 48.5 Å². The van der Waals surface area contributed by atoms with E-state index in [2.05, 4.69) is 10.6 Å². The molecule has 1 aliphatic rings. The van der Waals surface area contributed by atoms with Gasteiger partial charge in [-0.2, -0.15) is 0 Å². The molecule has 1 fully saturated rings. The predicted octanol–water partition coefficient (Wildman–Crippen LogP) is 3.96. The molecule has 30 heavy (non-hydrogen) atoms. The zero-order chi connectivity index (χ0) is 21.7. The van der Waals surface area contributed by atoms with Gasteiger partial charge in [-0.05, 0) is 48.2 Å². The van der Waals surface area contributed by atoms with Crippen molar-refractivity contribution in [2.24, 2.45) is 0 Å². The number of unbranched alkanes of at least 4 members (excludes halogenated alkanes) is 1. The van der Waals surface area contributed by atoms with Crippen molar-refractivity contribution < 1.29 is 18.8 Å². The lowest BCUT2D eigenvalue weighted by Crippen LogP contribution is -2.44. The van der Waals surface area contributed by atoms with Gasteiger partial charge in [0.1, 0.15) is 17.9 Å². The first-order chi connectivity index (χ1) is 14.4. The molecule has 7 heteroatoms. The summed E-state index contributed by atoms with van der Waals surface area (Å²) in [5, 5.41) is 5.47. The summed E-state index contributed by atoms with van der Waals surface area (Å²) in [6.07, 6.45) is 2.77. The number of aryl methyl sites for hydroxylation is 1. The van der Waals surface area contributed by atoms with Crippen molar-refractivity contribution in [3.63, 3.8) is 0 Å². The maximum atomic E-state index is 13.4. The second-order valence-electron chi connectivity index (χ2n) is 7.44. The molecular weight excluding hydrogens is 385 g/mol. The van der Waals surface area contributed by atoms with Gasteiger partial charge in [0.25, 0.3) is 5.91 Å². The maximum absolute atomic E-state index is 13.4. The molecule has 2 N–H and O–H groups in total. The summed E-state index contributed by atoms with van der Waals surface area (Å²) in [4.78, 5) is 39.3. The number of hydrogen-bond donors (Lipinski definition) is 2. The van der Waals surface area contributed by atoms with Crippen molar-refractivity contribution in [3.8, 4) is 0 Å². The Bertz CT molecular complexity index is 928. The standard InChI is InChI=1S/C23H26FN3O3/c1-3-5-14-23(17-8-10-18(24)11-9-17)21(29)27(22(30)26-23)15-20(28)25-19-12-6-16(4-2)7-13-19/h6-13H,3-5,14-15H2,1-2H3,(H,25,28)(H,26,30). The fourth-order valence-corrected chi connectivity index (χ4v) is 3.62. The normalized spacial score (nSPS) is 18.4. The van der Waals surface area contributed by atoms with Gasteiger partial charge in [0.05, 0.1) is 0 Å². The highest BCUT2D eigenvalue weighted by atomic mass is 19.1. The summed E-state index contributed by atoms with van der Waals surface area (Å²) in [5.74, 6) is -1.39. The van der Waals surface area contributed by atoms with Crippen LogP contribution in [0, 0.1) is 5.82 Å². The number of urea groups is 1. The first kappa shape index (κ1) is 21.5. The van der Waals surface area contributed by atoms with Crippen LogP contribution in [-0.2, 0) is 21.5 Å².